The Hall–Kier alpha value is -1.69. The minimum atomic E-state index is 0.263. The summed E-state index contributed by atoms with van der Waals surface area (Å²) in [5, 5.41) is 12.0. The van der Waals surface area contributed by atoms with Crippen LogP contribution in [0.5, 0.6) is 5.75 Å². The number of benzene rings is 1. The molecule has 0 saturated heterocycles. The largest absolute Gasteiger partial charge is 0.489 e. The molecule has 1 aliphatic rings. The van der Waals surface area contributed by atoms with Gasteiger partial charge in [0, 0.05) is 6.42 Å². The Kier molecular flexibility index (Phi) is 3.31. The number of anilines is 1. The van der Waals surface area contributed by atoms with Crippen LogP contribution in [0.1, 0.15) is 25.3 Å². The highest BCUT2D eigenvalue weighted by molar-refractivity contribution is 5.60. The van der Waals surface area contributed by atoms with Crippen LogP contribution in [0.3, 0.4) is 0 Å². The summed E-state index contributed by atoms with van der Waals surface area (Å²) >= 11 is 0. The topological polar surface area (TPSA) is 45.0 Å². The second kappa shape index (κ2) is 4.89. The van der Waals surface area contributed by atoms with Gasteiger partial charge in [0.25, 0.3) is 0 Å². The fraction of sp³-hybridized carbons (Fsp3) is 0.462. The molecule has 1 N–H and O–H groups in total. The number of hydrogen-bond acceptors (Lipinski definition) is 3. The van der Waals surface area contributed by atoms with E-state index in [2.05, 4.69) is 30.4 Å². The number of ether oxygens (including phenoxy) is 1. The van der Waals surface area contributed by atoms with Gasteiger partial charge in [0.05, 0.1) is 17.8 Å². The van der Waals surface area contributed by atoms with Crippen molar-refractivity contribution in [1.29, 1.82) is 5.26 Å². The number of nitriles is 1. The number of nitrogens with zero attached hydrogens (tertiary/aromatic N) is 1. The molecular weight excluding hydrogens is 200 g/mol. The van der Waals surface area contributed by atoms with E-state index in [1.54, 1.807) is 0 Å². The van der Waals surface area contributed by atoms with Crippen LogP contribution in [0.15, 0.2) is 18.2 Å². The number of rotatable bonds is 3. The van der Waals surface area contributed by atoms with Gasteiger partial charge in [-0.3, -0.25) is 0 Å². The minimum absolute atomic E-state index is 0.263. The molecule has 0 saturated carbocycles. The van der Waals surface area contributed by atoms with Gasteiger partial charge >= 0.3 is 0 Å². The Bertz CT molecular complexity index is 409. The first-order valence-corrected chi connectivity index (χ1v) is 5.72. The van der Waals surface area contributed by atoms with Crippen molar-refractivity contribution in [2.75, 3.05) is 11.9 Å². The molecule has 16 heavy (non-hydrogen) atoms. The summed E-state index contributed by atoms with van der Waals surface area (Å²) in [6.45, 7) is 2.79. The second-order valence-electron chi connectivity index (χ2n) is 4.03. The van der Waals surface area contributed by atoms with Gasteiger partial charge in [-0.1, -0.05) is 13.0 Å². The summed E-state index contributed by atoms with van der Waals surface area (Å²) in [4.78, 5) is 0. The number of hydrogen-bond donors (Lipinski definition) is 1. The molecule has 1 atom stereocenters. The first-order valence-electron chi connectivity index (χ1n) is 5.72. The lowest BCUT2D eigenvalue weighted by molar-refractivity contribution is 0.279. The van der Waals surface area contributed by atoms with Gasteiger partial charge in [0.15, 0.2) is 0 Å². The highest BCUT2D eigenvalue weighted by Crippen LogP contribution is 2.30. The van der Waals surface area contributed by atoms with Crippen molar-refractivity contribution in [3.63, 3.8) is 0 Å². The molecule has 0 aliphatic carbocycles. The molecule has 2 rings (SSSR count). The van der Waals surface area contributed by atoms with Crippen molar-refractivity contribution >= 4 is 5.69 Å². The van der Waals surface area contributed by atoms with Crippen molar-refractivity contribution in [3.05, 3.63) is 23.8 Å². The zero-order valence-corrected chi connectivity index (χ0v) is 9.49. The van der Waals surface area contributed by atoms with Crippen LogP contribution in [0.4, 0.5) is 5.69 Å². The highest BCUT2D eigenvalue weighted by Gasteiger charge is 2.18. The Morgan fingerprint density at radius 2 is 2.44 bits per heavy atom. The number of aryl methyl sites for hydroxylation is 1. The van der Waals surface area contributed by atoms with Gasteiger partial charge in [0.2, 0.25) is 0 Å². The first-order chi connectivity index (χ1) is 7.83. The first kappa shape index (κ1) is 10.8. The molecule has 1 heterocycles. The monoisotopic (exact) mass is 216 g/mol. The van der Waals surface area contributed by atoms with Crippen molar-refractivity contribution in [1.82, 2.24) is 0 Å². The van der Waals surface area contributed by atoms with E-state index in [0.717, 1.165) is 24.3 Å². The molecule has 0 amide bonds. The normalized spacial score (nSPS) is 17.9. The molecule has 0 spiro atoms. The third-order valence-corrected chi connectivity index (χ3v) is 2.86. The molecule has 0 bridgehead atoms. The Morgan fingerprint density at radius 3 is 3.19 bits per heavy atom. The lowest BCUT2D eigenvalue weighted by Gasteiger charge is -2.27. The number of nitrogens with one attached hydrogen (secondary N) is 1. The zero-order chi connectivity index (χ0) is 11.4. The molecule has 84 valence electrons. The fourth-order valence-corrected chi connectivity index (χ4v) is 1.88. The Balaban J connectivity index is 2.09. The van der Waals surface area contributed by atoms with Gasteiger partial charge in [-0.25, -0.2) is 0 Å². The summed E-state index contributed by atoms with van der Waals surface area (Å²) in [6.07, 6.45) is 2.44. The van der Waals surface area contributed by atoms with Crippen molar-refractivity contribution in [2.45, 2.75) is 32.2 Å². The van der Waals surface area contributed by atoms with Gasteiger partial charge in [0.1, 0.15) is 12.4 Å². The number of fused-ring (bicyclic) bond motifs is 1. The van der Waals surface area contributed by atoms with Crippen LogP contribution in [0.25, 0.3) is 0 Å². The van der Waals surface area contributed by atoms with E-state index >= 15 is 0 Å². The molecular formula is C13H16N2O. The molecule has 1 aromatic rings. The van der Waals surface area contributed by atoms with E-state index < -0.39 is 0 Å². The molecule has 1 unspecified atom stereocenters. The average molecular weight is 216 g/mol. The predicted octanol–water partition coefficient (Wildman–Crippen LogP) is 2.73. The molecule has 0 radical (unpaired) electrons. The summed E-state index contributed by atoms with van der Waals surface area (Å²) < 4.78 is 5.66. The van der Waals surface area contributed by atoms with E-state index in [1.165, 1.54) is 5.56 Å². The van der Waals surface area contributed by atoms with Crippen LogP contribution in [0, 0.1) is 11.3 Å². The maximum atomic E-state index is 8.56. The molecule has 3 heteroatoms. The molecule has 3 nitrogen and oxygen atoms in total. The second-order valence-corrected chi connectivity index (χ2v) is 4.03. The van der Waals surface area contributed by atoms with E-state index in [0.29, 0.717) is 13.0 Å². The van der Waals surface area contributed by atoms with E-state index in [9.17, 15) is 0 Å². The minimum Gasteiger partial charge on any atom is -0.489 e. The van der Waals surface area contributed by atoms with Crippen molar-refractivity contribution < 1.29 is 4.74 Å². The van der Waals surface area contributed by atoms with Crippen LogP contribution in [-0.4, -0.2) is 12.6 Å². The molecule has 0 aromatic heterocycles. The average Bonchev–Trinajstić information content (AvgIpc) is 2.35. The molecule has 1 aliphatic heterocycles. The lowest BCUT2D eigenvalue weighted by atomic mass is 10.1. The molecule has 1 aromatic carbocycles. The maximum Gasteiger partial charge on any atom is 0.142 e. The maximum absolute atomic E-state index is 8.56. The third-order valence-electron chi connectivity index (χ3n) is 2.86. The van der Waals surface area contributed by atoms with Crippen LogP contribution in [0.2, 0.25) is 0 Å². The SMILES string of the molecule is CCc1ccc2c(c1)NC(CCC#N)CO2. The summed E-state index contributed by atoms with van der Waals surface area (Å²) in [6, 6.07) is 8.67. The summed E-state index contributed by atoms with van der Waals surface area (Å²) in [5.41, 5.74) is 2.37. The van der Waals surface area contributed by atoms with Gasteiger partial charge in [-0.15, -0.1) is 0 Å². The van der Waals surface area contributed by atoms with E-state index in [1.807, 2.05) is 6.07 Å². The highest BCUT2D eigenvalue weighted by atomic mass is 16.5. The third kappa shape index (κ3) is 2.27. The summed E-state index contributed by atoms with van der Waals surface area (Å²) in [7, 11) is 0. The fourth-order valence-electron chi connectivity index (χ4n) is 1.88. The lowest BCUT2D eigenvalue weighted by Crippen LogP contribution is -2.31. The standard InChI is InChI=1S/C13H16N2O/c1-2-10-5-6-13-12(8-10)15-11(9-16-13)4-3-7-14/h5-6,8,11,15H,2-4,9H2,1H3. The zero-order valence-electron chi connectivity index (χ0n) is 9.49. The van der Waals surface area contributed by atoms with Crippen molar-refractivity contribution in [2.24, 2.45) is 0 Å². The smallest absolute Gasteiger partial charge is 0.142 e. The van der Waals surface area contributed by atoms with Gasteiger partial charge in [-0.05, 0) is 30.5 Å². The van der Waals surface area contributed by atoms with E-state index in [4.69, 9.17) is 10.00 Å². The van der Waals surface area contributed by atoms with Crippen molar-refractivity contribution in [3.8, 4) is 11.8 Å². The van der Waals surface area contributed by atoms with Gasteiger partial charge < -0.3 is 10.1 Å². The molecule has 0 fully saturated rings. The van der Waals surface area contributed by atoms with Crippen LogP contribution < -0.4 is 10.1 Å². The van der Waals surface area contributed by atoms with E-state index in [-0.39, 0.29) is 6.04 Å². The Labute approximate surface area is 96.0 Å². The Morgan fingerprint density at radius 1 is 1.56 bits per heavy atom. The summed E-state index contributed by atoms with van der Waals surface area (Å²) in [5.74, 6) is 0.922. The van der Waals surface area contributed by atoms with Crippen LogP contribution >= 0.6 is 0 Å². The predicted molar refractivity (Wildman–Crippen MR) is 63.6 cm³/mol. The quantitative estimate of drug-likeness (QED) is 0.845. The van der Waals surface area contributed by atoms with Gasteiger partial charge in [-0.2, -0.15) is 5.26 Å². The van der Waals surface area contributed by atoms with Crippen LogP contribution in [-0.2, 0) is 6.42 Å².